The molecule has 0 spiro atoms. The second-order valence-electron chi connectivity index (χ2n) is 6.47. The maximum atomic E-state index is 12.4. The van der Waals surface area contributed by atoms with Gasteiger partial charge in [-0.3, -0.25) is 0 Å². The van der Waals surface area contributed by atoms with E-state index >= 15 is 0 Å². The minimum absolute atomic E-state index is 0.00450. The van der Waals surface area contributed by atoms with E-state index in [0.29, 0.717) is 19.6 Å². The molecular formula is C19H22N4O2S2. The highest BCUT2D eigenvalue weighted by atomic mass is 32.1. The average molecular weight is 403 g/mol. The number of nitrogens with one attached hydrogen (secondary N) is 1. The van der Waals surface area contributed by atoms with Crippen LogP contribution in [0.3, 0.4) is 0 Å². The summed E-state index contributed by atoms with van der Waals surface area (Å²) in [7, 11) is 1.68. The first-order chi connectivity index (χ1) is 13.2. The molecule has 1 N–H and O–H groups in total. The molecule has 1 aliphatic heterocycles. The number of fused-ring (bicyclic) bond motifs is 1. The highest BCUT2D eigenvalue weighted by molar-refractivity contribution is 7.22. The first-order valence-electron chi connectivity index (χ1n) is 8.90. The number of benzene rings is 1. The maximum absolute atomic E-state index is 12.4. The molecule has 27 heavy (non-hydrogen) atoms. The number of rotatable bonds is 4. The number of hydrogen-bond acceptors (Lipinski definition) is 6. The van der Waals surface area contributed by atoms with Gasteiger partial charge < -0.3 is 19.9 Å². The Morgan fingerprint density at radius 3 is 2.78 bits per heavy atom. The summed E-state index contributed by atoms with van der Waals surface area (Å²) in [5.41, 5.74) is 2.13. The number of aryl methyl sites for hydroxylation is 1. The first kappa shape index (κ1) is 18.1. The number of ether oxygens (including phenoxy) is 1. The van der Waals surface area contributed by atoms with Crippen molar-refractivity contribution in [1.82, 2.24) is 15.2 Å². The van der Waals surface area contributed by atoms with Crippen molar-refractivity contribution < 1.29 is 9.53 Å². The highest BCUT2D eigenvalue weighted by Gasteiger charge is 2.24. The summed E-state index contributed by atoms with van der Waals surface area (Å²) < 4.78 is 6.62. The lowest BCUT2D eigenvalue weighted by Crippen LogP contribution is -2.51. The van der Waals surface area contributed by atoms with Crippen molar-refractivity contribution in [3.8, 4) is 5.75 Å². The van der Waals surface area contributed by atoms with Crippen LogP contribution in [0.15, 0.2) is 29.6 Å². The second kappa shape index (κ2) is 7.74. The predicted molar refractivity (Wildman–Crippen MR) is 111 cm³/mol. The van der Waals surface area contributed by atoms with Crippen molar-refractivity contribution in [1.29, 1.82) is 0 Å². The maximum Gasteiger partial charge on any atom is 0.317 e. The number of amides is 2. The third kappa shape index (κ3) is 3.72. The molecule has 0 atom stereocenters. The van der Waals surface area contributed by atoms with E-state index in [1.54, 1.807) is 29.8 Å². The minimum atomic E-state index is 0.00450. The molecule has 3 aromatic rings. The molecule has 1 aromatic carbocycles. The van der Waals surface area contributed by atoms with Gasteiger partial charge in [-0.25, -0.2) is 9.78 Å². The number of thiazole rings is 1. The number of aromatic nitrogens is 1. The number of piperazine rings is 1. The van der Waals surface area contributed by atoms with E-state index in [-0.39, 0.29) is 6.03 Å². The van der Waals surface area contributed by atoms with Crippen LogP contribution in [0.4, 0.5) is 9.93 Å². The van der Waals surface area contributed by atoms with Crippen LogP contribution in [0, 0.1) is 6.92 Å². The summed E-state index contributed by atoms with van der Waals surface area (Å²) in [6.45, 7) is 5.65. The summed E-state index contributed by atoms with van der Waals surface area (Å²) >= 11 is 3.35. The Hall–Kier alpha value is -2.32. The Bertz CT molecular complexity index is 931. The molecule has 0 radical (unpaired) electrons. The van der Waals surface area contributed by atoms with Crippen molar-refractivity contribution in [2.45, 2.75) is 13.5 Å². The number of carbonyl (C=O) groups excluding carboxylic acids is 1. The molecule has 142 valence electrons. The van der Waals surface area contributed by atoms with Crippen molar-refractivity contribution in [2.24, 2.45) is 0 Å². The van der Waals surface area contributed by atoms with E-state index in [1.165, 1.54) is 15.1 Å². The van der Waals surface area contributed by atoms with Crippen LogP contribution >= 0.6 is 22.7 Å². The van der Waals surface area contributed by atoms with Gasteiger partial charge in [0.2, 0.25) is 0 Å². The van der Waals surface area contributed by atoms with E-state index in [9.17, 15) is 4.79 Å². The van der Waals surface area contributed by atoms with Gasteiger partial charge in [-0.1, -0.05) is 23.5 Å². The molecule has 2 amide bonds. The fourth-order valence-corrected chi connectivity index (χ4v) is 4.93. The highest BCUT2D eigenvalue weighted by Crippen LogP contribution is 2.36. The zero-order chi connectivity index (χ0) is 18.8. The standard InChI is InChI=1S/C19H22N4O2S2/c1-13-5-6-15(25-2)16-17(13)27-19(21-16)23-9-7-22(8-10-23)18(24)20-12-14-4-3-11-26-14/h3-6,11H,7-10,12H2,1-2H3,(H,20,24). The normalized spacial score (nSPS) is 14.6. The number of anilines is 1. The lowest BCUT2D eigenvalue weighted by molar-refractivity contribution is 0.194. The summed E-state index contributed by atoms with van der Waals surface area (Å²) in [6.07, 6.45) is 0. The summed E-state index contributed by atoms with van der Waals surface area (Å²) in [4.78, 5) is 22.5. The molecule has 0 saturated carbocycles. The quantitative estimate of drug-likeness (QED) is 0.723. The van der Waals surface area contributed by atoms with E-state index in [0.717, 1.165) is 29.5 Å². The Kier molecular flexibility index (Phi) is 5.18. The molecule has 2 aromatic heterocycles. The largest absolute Gasteiger partial charge is 0.494 e. The van der Waals surface area contributed by atoms with Gasteiger partial charge in [0.05, 0.1) is 18.4 Å². The number of urea groups is 1. The van der Waals surface area contributed by atoms with Gasteiger partial charge in [0.1, 0.15) is 11.3 Å². The second-order valence-corrected chi connectivity index (χ2v) is 8.48. The summed E-state index contributed by atoms with van der Waals surface area (Å²) in [6, 6.07) is 8.08. The average Bonchev–Trinajstić information content (AvgIpc) is 3.37. The molecule has 0 unspecified atom stereocenters. The molecule has 4 rings (SSSR count). The van der Waals surface area contributed by atoms with Crippen molar-refractivity contribution in [3.63, 3.8) is 0 Å². The fourth-order valence-electron chi connectivity index (χ4n) is 3.19. The summed E-state index contributed by atoms with van der Waals surface area (Å²) in [5, 5.41) is 6.02. The number of hydrogen-bond donors (Lipinski definition) is 1. The van der Waals surface area contributed by atoms with Crippen LogP contribution in [0.1, 0.15) is 10.4 Å². The Morgan fingerprint density at radius 1 is 1.26 bits per heavy atom. The zero-order valence-electron chi connectivity index (χ0n) is 15.4. The molecule has 3 heterocycles. The molecule has 6 nitrogen and oxygen atoms in total. The van der Waals surface area contributed by atoms with Crippen LogP contribution in [-0.2, 0) is 6.54 Å². The molecular weight excluding hydrogens is 380 g/mol. The Balaban J connectivity index is 1.39. The van der Waals surface area contributed by atoms with Gasteiger partial charge in [-0.05, 0) is 30.0 Å². The topological polar surface area (TPSA) is 57.7 Å². The predicted octanol–water partition coefficient (Wildman–Crippen LogP) is 3.71. The molecule has 8 heteroatoms. The Labute approximate surface area is 166 Å². The van der Waals surface area contributed by atoms with Gasteiger partial charge >= 0.3 is 6.03 Å². The van der Waals surface area contributed by atoms with Gasteiger partial charge in [-0.2, -0.15) is 0 Å². The van der Waals surface area contributed by atoms with Crippen LogP contribution in [0.5, 0.6) is 5.75 Å². The monoisotopic (exact) mass is 402 g/mol. The lowest BCUT2D eigenvalue weighted by Gasteiger charge is -2.34. The van der Waals surface area contributed by atoms with E-state index in [2.05, 4.69) is 23.2 Å². The van der Waals surface area contributed by atoms with Crippen LogP contribution in [0.25, 0.3) is 10.2 Å². The zero-order valence-corrected chi connectivity index (χ0v) is 17.0. The smallest absolute Gasteiger partial charge is 0.317 e. The van der Waals surface area contributed by atoms with Crippen LogP contribution in [0.2, 0.25) is 0 Å². The number of thiophene rings is 1. The molecule has 1 aliphatic rings. The molecule has 1 fully saturated rings. The molecule has 1 saturated heterocycles. The SMILES string of the molecule is COc1ccc(C)c2sc(N3CCN(C(=O)NCc4cccs4)CC3)nc12. The molecule has 0 aliphatic carbocycles. The van der Waals surface area contributed by atoms with Crippen molar-refractivity contribution in [3.05, 3.63) is 40.1 Å². The van der Waals surface area contributed by atoms with E-state index in [4.69, 9.17) is 9.72 Å². The van der Waals surface area contributed by atoms with Gasteiger partial charge in [0.15, 0.2) is 5.13 Å². The van der Waals surface area contributed by atoms with Crippen molar-refractivity contribution in [2.75, 3.05) is 38.2 Å². The van der Waals surface area contributed by atoms with E-state index in [1.807, 2.05) is 28.5 Å². The minimum Gasteiger partial charge on any atom is -0.494 e. The lowest BCUT2D eigenvalue weighted by atomic mass is 10.2. The first-order valence-corrected chi connectivity index (χ1v) is 10.6. The van der Waals surface area contributed by atoms with Crippen LogP contribution < -0.4 is 15.0 Å². The van der Waals surface area contributed by atoms with Gasteiger partial charge in [-0.15, -0.1) is 11.3 Å². The number of nitrogens with zero attached hydrogens (tertiary/aromatic N) is 3. The third-order valence-electron chi connectivity index (χ3n) is 4.74. The Morgan fingerprint density at radius 2 is 2.07 bits per heavy atom. The third-order valence-corrected chi connectivity index (χ3v) is 6.87. The fraction of sp³-hybridized carbons (Fsp3) is 0.368. The number of carbonyl (C=O) groups is 1. The van der Waals surface area contributed by atoms with Gasteiger partial charge in [0, 0.05) is 31.1 Å². The van der Waals surface area contributed by atoms with Gasteiger partial charge in [0.25, 0.3) is 0 Å². The van der Waals surface area contributed by atoms with Crippen molar-refractivity contribution >= 4 is 44.1 Å². The summed E-state index contributed by atoms with van der Waals surface area (Å²) in [5.74, 6) is 0.810. The molecule has 0 bridgehead atoms. The van der Waals surface area contributed by atoms with Crippen LogP contribution in [-0.4, -0.2) is 49.2 Å². The number of methoxy groups -OCH3 is 1. The van der Waals surface area contributed by atoms with E-state index < -0.39 is 0 Å².